The molecule has 0 aromatic rings. The Morgan fingerprint density at radius 2 is 1.50 bits per heavy atom. The fraction of sp³-hybridized carbons (Fsp3) is 1.00. The average molecular weight is 357 g/mol. The number of hydrogen-bond acceptors (Lipinski definition) is 1. The maximum atomic E-state index is 6.12. The second kappa shape index (κ2) is 5.75. The molecule has 0 saturated heterocycles. The summed E-state index contributed by atoms with van der Waals surface area (Å²) in [6, 6.07) is 0. The zero-order chi connectivity index (χ0) is 11.5. The standard InChI is InChI=1S/C13H24ClIN/c14-8-12(6-3-7-12)9-15-10-13(11-16)4-1-2-5-13/h1-11,16H2/q-1. The van der Waals surface area contributed by atoms with Crippen LogP contribution in [0, 0.1) is 10.8 Å². The van der Waals surface area contributed by atoms with Crippen molar-refractivity contribution in [2.45, 2.75) is 44.9 Å². The molecule has 2 fully saturated rings. The Labute approximate surface area is 115 Å². The van der Waals surface area contributed by atoms with Gasteiger partial charge in [-0.1, -0.05) is 0 Å². The van der Waals surface area contributed by atoms with Gasteiger partial charge in [-0.2, -0.15) is 0 Å². The summed E-state index contributed by atoms with van der Waals surface area (Å²) in [6.45, 7) is 0.931. The predicted molar refractivity (Wildman–Crippen MR) is 66.7 cm³/mol. The molecule has 2 rings (SSSR count). The molecule has 2 saturated carbocycles. The Hall–Kier alpha value is 0.980. The van der Waals surface area contributed by atoms with Crippen molar-refractivity contribution in [3.63, 3.8) is 0 Å². The molecule has 0 unspecified atom stereocenters. The summed E-state index contributed by atoms with van der Waals surface area (Å²) in [6.07, 6.45) is 9.84. The minimum atomic E-state index is 0.340. The van der Waals surface area contributed by atoms with Gasteiger partial charge in [0.1, 0.15) is 0 Å². The Balaban J connectivity index is 1.74. The Bertz CT molecular complexity index is 216. The van der Waals surface area contributed by atoms with E-state index in [2.05, 4.69) is 0 Å². The number of nitrogens with two attached hydrogens (primary N) is 1. The molecule has 0 radical (unpaired) electrons. The van der Waals surface area contributed by atoms with Crippen molar-refractivity contribution < 1.29 is 21.2 Å². The normalized spacial score (nSPS) is 26.9. The SMILES string of the molecule is NCC1(C[I-]CC2(CCl)CCC2)CCCC1. The van der Waals surface area contributed by atoms with Gasteiger partial charge >= 0.3 is 116 Å². The molecular weight excluding hydrogens is 333 g/mol. The van der Waals surface area contributed by atoms with Crippen LogP contribution in [0.5, 0.6) is 0 Å². The molecule has 96 valence electrons. The van der Waals surface area contributed by atoms with Crippen LogP contribution >= 0.6 is 11.6 Å². The third kappa shape index (κ3) is 2.86. The van der Waals surface area contributed by atoms with Crippen molar-refractivity contribution in [2.75, 3.05) is 21.3 Å². The fourth-order valence-electron chi connectivity index (χ4n) is 2.95. The van der Waals surface area contributed by atoms with Gasteiger partial charge < -0.3 is 0 Å². The molecule has 3 heteroatoms. The minimum absolute atomic E-state index is 0.340. The second-order valence-electron chi connectivity index (χ2n) is 5.85. The summed E-state index contributed by atoms with van der Waals surface area (Å²) in [4.78, 5) is 0. The van der Waals surface area contributed by atoms with Crippen molar-refractivity contribution in [1.82, 2.24) is 0 Å². The summed E-state index contributed by atoms with van der Waals surface area (Å²) in [7, 11) is 0. The fourth-order valence-corrected chi connectivity index (χ4v) is 8.29. The van der Waals surface area contributed by atoms with Crippen LogP contribution in [0.4, 0.5) is 0 Å². The van der Waals surface area contributed by atoms with Gasteiger partial charge in [-0.15, -0.1) is 0 Å². The molecule has 0 atom stereocenters. The first-order chi connectivity index (χ1) is 7.74. The van der Waals surface area contributed by atoms with Crippen LogP contribution in [0.2, 0.25) is 0 Å². The molecule has 16 heavy (non-hydrogen) atoms. The van der Waals surface area contributed by atoms with Gasteiger partial charge in [-0.05, 0) is 0 Å². The molecule has 0 bridgehead atoms. The maximum absolute atomic E-state index is 6.12. The van der Waals surface area contributed by atoms with E-state index in [1.807, 2.05) is 0 Å². The number of alkyl halides is 3. The molecular formula is C13H24ClIN-. The van der Waals surface area contributed by atoms with E-state index < -0.39 is 0 Å². The zero-order valence-corrected chi connectivity index (χ0v) is 13.0. The van der Waals surface area contributed by atoms with Crippen LogP contribution in [0.15, 0.2) is 0 Å². The van der Waals surface area contributed by atoms with E-state index in [0.717, 1.165) is 12.4 Å². The summed E-state index contributed by atoms with van der Waals surface area (Å²) in [5.74, 6) is 0.905. The Morgan fingerprint density at radius 3 is 1.94 bits per heavy atom. The van der Waals surface area contributed by atoms with E-state index in [1.165, 1.54) is 53.8 Å². The Morgan fingerprint density at radius 1 is 0.938 bits per heavy atom. The van der Waals surface area contributed by atoms with Gasteiger partial charge in [0.15, 0.2) is 0 Å². The van der Waals surface area contributed by atoms with Gasteiger partial charge in [-0.3, -0.25) is 0 Å². The molecule has 0 aromatic carbocycles. The number of halogens is 2. The second-order valence-corrected chi connectivity index (χ2v) is 8.73. The van der Waals surface area contributed by atoms with Crippen molar-refractivity contribution in [1.29, 1.82) is 0 Å². The summed E-state index contributed by atoms with van der Waals surface area (Å²) < 4.78 is 2.91. The molecule has 2 aliphatic rings. The topological polar surface area (TPSA) is 26.0 Å². The van der Waals surface area contributed by atoms with Gasteiger partial charge in [0.05, 0.1) is 0 Å². The summed E-state index contributed by atoms with van der Waals surface area (Å²) in [5.41, 5.74) is 7.12. The first-order valence-corrected chi connectivity index (χ1v) is 10.1. The molecule has 2 aliphatic carbocycles. The molecule has 1 nitrogen and oxygen atoms in total. The molecule has 0 aliphatic heterocycles. The van der Waals surface area contributed by atoms with Crippen LogP contribution in [-0.2, 0) is 0 Å². The molecule has 0 aromatic heterocycles. The molecule has 2 N–H and O–H groups in total. The first-order valence-electron chi connectivity index (χ1n) is 6.54. The van der Waals surface area contributed by atoms with Crippen LogP contribution in [0.3, 0.4) is 0 Å². The van der Waals surface area contributed by atoms with E-state index >= 15 is 0 Å². The third-order valence-electron chi connectivity index (χ3n) is 4.55. The Kier molecular flexibility index (Phi) is 4.82. The van der Waals surface area contributed by atoms with Crippen LogP contribution in [-0.4, -0.2) is 21.3 Å². The molecule has 0 spiro atoms. The third-order valence-corrected chi connectivity index (χ3v) is 9.43. The van der Waals surface area contributed by atoms with E-state index in [-0.39, 0.29) is 0 Å². The zero-order valence-electron chi connectivity index (χ0n) is 10.1. The molecule has 0 heterocycles. The van der Waals surface area contributed by atoms with Gasteiger partial charge in [-0.25, -0.2) is 0 Å². The quantitative estimate of drug-likeness (QED) is 0.526. The van der Waals surface area contributed by atoms with E-state index in [0.29, 0.717) is 32.0 Å². The van der Waals surface area contributed by atoms with Gasteiger partial charge in [0.25, 0.3) is 0 Å². The van der Waals surface area contributed by atoms with Gasteiger partial charge in [0.2, 0.25) is 0 Å². The van der Waals surface area contributed by atoms with Crippen LogP contribution in [0.1, 0.15) is 44.9 Å². The predicted octanol–water partition coefficient (Wildman–Crippen LogP) is 0.00360. The van der Waals surface area contributed by atoms with Gasteiger partial charge in [0, 0.05) is 0 Å². The van der Waals surface area contributed by atoms with Crippen molar-refractivity contribution in [3.8, 4) is 0 Å². The van der Waals surface area contributed by atoms with Crippen LogP contribution in [0.25, 0.3) is 0 Å². The average Bonchev–Trinajstić information content (AvgIpc) is 2.72. The van der Waals surface area contributed by atoms with E-state index in [4.69, 9.17) is 17.3 Å². The summed E-state index contributed by atoms with van der Waals surface area (Å²) >= 11 is 6.46. The van der Waals surface area contributed by atoms with E-state index in [9.17, 15) is 0 Å². The van der Waals surface area contributed by atoms with Crippen molar-refractivity contribution >= 4 is 11.6 Å². The number of hydrogen-bond donors (Lipinski definition) is 1. The van der Waals surface area contributed by atoms with Crippen molar-refractivity contribution in [3.05, 3.63) is 0 Å². The first kappa shape index (κ1) is 13.4. The monoisotopic (exact) mass is 356 g/mol. The molecule has 0 amide bonds. The van der Waals surface area contributed by atoms with Crippen LogP contribution < -0.4 is 26.9 Å². The van der Waals surface area contributed by atoms with E-state index in [1.54, 1.807) is 0 Å². The number of rotatable bonds is 6. The van der Waals surface area contributed by atoms with Crippen molar-refractivity contribution in [2.24, 2.45) is 16.6 Å². The summed E-state index contributed by atoms with van der Waals surface area (Å²) in [5, 5.41) is 0.